The van der Waals surface area contributed by atoms with Crippen molar-refractivity contribution < 1.29 is 9.47 Å². The van der Waals surface area contributed by atoms with Gasteiger partial charge in [-0.2, -0.15) is 0 Å². The molecular formula is C28H32N6O3. The maximum Gasteiger partial charge on any atom is 0.259 e. The van der Waals surface area contributed by atoms with Crippen molar-refractivity contribution in [3.8, 4) is 17.3 Å². The summed E-state index contributed by atoms with van der Waals surface area (Å²) >= 11 is 0. The number of hydrogen-bond donors (Lipinski definition) is 2. The van der Waals surface area contributed by atoms with E-state index in [1.165, 1.54) is 11.1 Å². The summed E-state index contributed by atoms with van der Waals surface area (Å²) in [4.78, 5) is 31.4. The number of rotatable bonds is 8. The van der Waals surface area contributed by atoms with Crippen LogP contribution in [0.15, 0.2) is 53.7 Å². The summed E-state index contributed by atoms with van der Waals surface area (Å²) < 4.78 is 10.5. The second-order valence-electron chi connectivity index (χ2n) is 9.38. The van der Waals surface area contributed by atoms with Gasteiger partial charge in [0.15, 0.2) is 0 Å². The first-order chi connectivity index (χ1) is 18.1. The van der Waals surface area contributed by atoms with E-state index in [1.807, 2.05) is 12.1 Å². The standard InChI is InChI=1S/C28H32N6O3/c1-18-14-21(4-5-22(18)19-7-10-34(11-8-19)12-13-36-2)31-27-26-20(6-9-30-28(26)35)15-23(33-27)24-16-29-17-25(32-24)37-3/h4-6,9,14-17,19H,7-8,10-13H2,1-3H3,(H,30,35)(H,31,33). The van der Waals surface area contributed by atoms with Crippen LogP contribution in [0.4, 0.5) is 11.5 Å². The molecule has 0 unspecified atom stereocenters. The van der Waals surface area contributed by atoms with Crippen LogP contribution in [-0.2, 0) is 4.74 Å². The minimum Gasteiger partial charge on any atom is -0.480 e. The number of aromatic nitrogens is 4. The number of benzene rings is 1. The lowest BCUT2D eigenvalue weighted by Crippen LogP contribution is -2.35. The van der Waals surface area contributed by atoms with Gasteiger partial charge in [0.2, 0.25) is 5.88 Å². The summed E-state index contributed by atoms with van der Waals surface area (Å²) in [5.41, 5.74) is 4.45. The number of likely N-dealkylation sites (tertiary alicyclic amines) is 1. The van der Waals surface area contributed by atoms with Crippen molar-refractivity contribution in [3.63, 3.8) is 0 Å². The third kappa shape index (κ3) is 5.47. The molecule has 1 aliphatic heterocycles. The maximum absolute atomic E-state index is 12.8. The Morgan fingerprint density at radius 2 is 1.92 bits per heavy atom. The Bertz CT molecular complexity index is 1450. The molecule has 3 aromatic heterocycles. The van der Waals surface area contributed by atoms with Gasteiger partial charge < -0.3 is 24.7 Å². The molecule has 0 radical (unpaired) electrons. The highest BCUT2D eigenvalue weighted by Crippen LogP contribution is 2.33. The summed E-state index contributed by atoms with van der Waals surface area (Å²) in [6.07, 6.45) is 7.09. The van der Waals surface area contributed by atoms with Crippen molar-refractivity contribution >= 4 is 22.3 Å². The van der Waals surface area contributed by atoms with Gasteiger partial charge in [0.05, 0.1) is 37.2 Å². The first-order valence-corrected chi connectivity index (χ1v) is 12.5. The Hall–Kier alpha value is -3.82. The van der Waals surface area contributed by atoms with E-state index in [0.29, 0.717) is 34.4 Å². The Morgan fingerprint density at radius 3 is 2.68 bits per heavy atom. The highest BCUT2D eigenvalue weighted by molar-refractivity contribution is 5.94. The number of piperidine rings is 1. The zero-order chi connectivity index (χ0) is 25.8. The van der Waals surface area contributed by atoms with Gasteiger partial charge in [-0.15, -0.1) is 0 Å². The topological polar surface area (TPSA) is 105 Å². The third-order valence-corrected chi connectivity index (χ3v) is 7.01. The number of nitrogens with zero attached hydrogens (tertiary/aromatic N) is 4. The molecule has 0 atom stereocenters. The van der Waals surface area contributed by atoms with Gasteiger partial charge in [-0.3, -0.25) is 9.78 Å². The van der Waals surface area contributed by atoms with Gasteiger partial charge >= 0.3 is 0 Å². The van der Waals surface area contributed by atoms with Gasteiger partial charge in [0.1, 0.15) is 11.5 Å². The van der Waals surface area contributed by atoms with Crippen molar-refractivity contribution in [2.45, 2.75) is 25.7 Å². The molecule has 1 saturated heterocycles. The molecule has 5 rings (SSSR count). The molecule has 37 heavy (non-hydrogen) atoms. The smallest absolute Gasteiger partial charge is 0.259 e. The van der Waals surface area contributed by atoms with Crippen LogP contribution in [0, 0.1) is 6.92 Å². The summed E-state index contributed by atoms with van der Waals surface area (Å²) in [5.74, 6) is 1.41. The average Bonchev–Trinajstić information content (AvgIpc) is 2.92. The fraction of sp³-hybridized carbons (Fsp3) is 0.357. The zero-order valence-corrected chi connectivity index (χ0v) is 21.5. The second kappa shape index (κ2) is 11.1. The molecule has 1 fully saturated rings. The van der Waals surface area contributed by atoms with E-state index < -0.39 is 0 Å². The van der Waals surface area contributed by atoms with E-state index >= 15 is 0 Å². The highest BCUT2D eigenvalue weighted by Gasteiger charge is 2.22. The highest BCUT2D eigenvalue weighted by atomic mass is 16.5. The molecule has 0 bridgehead atoms. The largest absolute Gasteiger partial charge is 0.480 e. The Labute approximate surface area is 215 Å². The van der Waals surface area contributed by atoms with E-state index in [0.717, 1.165) is 50.2 Å². The summed E-state index contributed by atoms with van der Waals surface area (Å²) in [5, 5.41) is 4.65. The molecular weight excluding hydrogens is 468 g/mol. The second-order valence-corrected chi connectivity index (χ2v) is 9.38. The monoisotopic (exact) mass is 500 g/mol. The van der Waals surface area contributed by atoms with E-state index in [2.05, 4.69) is 50.3 Å². The van der Waals surface area contributed by atoms with Crippen LogP contribution in [0.25, 0.3) is 22.2 Å². The summed E-state index contributed by atoms with van der Waals surface area (Å²) in [6.45, 7) is 6.10. The van der Waals surface area contributed by atoms with Crippen molar-refractivity contribution in [3.05, 3.63) is 70.4 Å². The van der Waals surface area contributed by atoms with E-state index in [1.54, 1.807) is 32.8 Å². The fourth-order valence-electron chi connectivity index (χ4n) is 5.04. The van der Waals surface area contributed by atoms with Crippen LogP contribution < -0.4 is 15.6 Å². The molecule has 1 aromatic carbocycles. The average molecular weight is 501 g/mol. The quantitative estimate of drug-likeness (QED) is 0.370. The van der Waals surface area contributed by atoms with Crippen molar-refractivity contribution in [2.24, 2.45) is 0 Å². The Balaban J connectivity index is 1.43. The van der Waals surface area contributed by atoms with Crippen LogP contribution in [0.2, 0.25) is 0 Å². The van der Waals surface area contributed by atoms with Crippen LogP contribution in [-0.4, -0.2) is 65.3 Å². The molecule has 192 valence electrons. The molecule has 0 aliphatic carbocycles. The Kier molecular flexibility index (Phi) is 7.43. The third-order valence-electron chi connectivity index (χ3n) is 7.01. The molecule has 4 aromatic rings. The minimum atomic E-state index is -0.204. The molecule has 9 heteroatoms. The van der Waals surface area contributed by atoms with Gasteiger partial charge in [0, 0.05) is 25.5 Å². The molecule has 9 nitrogen and oxygen atoms in total. The number of aryl methyl sites for hydroxylation is 1. The van der Waals surface area contributed by atoms with Gasteiger partial charge in [-0.05, 0) is 79.6 Å². The number of pyridine rings is 2. The first kappa shape index (κ1) is 24.9. The number of anilines is 2. The van der Waals surface area contributed by atoms with Gasteiger partial charge in [0.25, 0.3) is 5.56 Å². The molecule has 2 N–H and O–H groups in total. The Morgan fingerprint density at radius 1 is 1.08 bits per heavy atom. The van der Waals surface area contributed by atoms with E-state index in [9.17, 15) is 4.79 Å². The van der Waals surface area contributed by atoms with E-state index in [-0.39, 0.29) is 5.56 Å². The first-order valence-electron chi connectivity index (χ1n) is 12.5. The lowest BCUT2D eigenvalue weighted by atomic mass is 9.86. The lowest BCUT2D eigenvalue weighted by molar-refractivity contribution is 0.130. The van der Waals surface area contributed by atoms with Crippen molar-refractivity contribution in [1.82, 2.24) is 24.8 Å². The SMILES string of the molecule is COCCN1CCC(c2ccc(Nc3nc(-c4cncc(OC)n4)cc4cc[nH]c(=O)c34)cc2C)CC1. The molecule has 1 aliphatic rings. The predicted octanol–water partition coefficient (Wildman–Crippen LogP) is 4.27. The number of hydrogen-bond acceptors (Lipinski definition) is 8. The van der Waals surface area contributed by atoms with Crippen LogP contribution >= 0.6 is 0 Å². The van der Waals surface area contributed by atoms with Gasteiger partial charge in [-0.1, -0.05) is 6.07 Å². The lowest BCUT2D eigenvalue weighted by Gasteiger charge is -2.32. The number of fused-ring (bicyclic) bond motifs is 1. The van der Waals surface area contributed by atoms with Crippen LogP contribution in [0.5, 0.6) is 5.88 Å². The van der Waals surface area contributed by atoms with Crippen LogP contribution in [0.3, 0.4) is 0 Å². The molecule has 4 heterocycles. The van der Waals surface area contributed by atoms with Crippen molar-refractivity contribution in [2.75, 3.05) is 45.8 Å². The van der Waals surface area contributed by atoms with Crippen LogP contribution in [0.1, 0.15) is 29.9 Å². The molecule has 0 amide bonds. The fourth-order valence-corrected chi connectivity index (χ4v) is 5.04. The predicted molar refractivity (Wildman–Crippen MR) is 145 cm³/mol. The normalized spacial score (nSPS) is 14.7. The molecule has 0 spiro atoms. The summed E-state index contributed by atoms with van der Waals surface area (Å²) in [7, 11) is 3.30. The number of nitrogens with one attached hydrogen (secondary N) is 2. The van der Waals surface area contributed by atoms with Crippen molar-refractivity contribution in [1.29, 1.82) is 0 Å². The number of H-pyrrole nitrogens is 1. The summed E-state index contributed by atoms with van der Waals surface area (Å²) in [6, 6.07) is 10.1. The maximum atomic E-state index is 12.8. The zero-order valence-electron chi connectivity index (χ0n) is 21.5. The number of aromatic amines is 1. The minimum absolute atomic E-state index is 0.204. The molecule has 0 saturated carbocycles. The van der Waals surface area contributed by atoms with Gasteiger partial charge in [-0.25, -0.2) is 9.97 Å². The van der Waals surface area contributed by atoms with E-state index in [4.69, 9.17) is 14.5 Å². The number of ether oxygens (including phenoxy) is 2. The number of methoxy groups -OCH3 is 2.